The van der Waals surface area contributed by atoms with Crippen LogP contribution in [0.2, 0.25) is 0 Å². The maximum atomic E-state index is 5.69. The van der Waals surface area contributed by atoms with Gasteiger partial charge in [-0.05, 0) is 12.5 Å². The van der Waals surface area contributed by atoms with Crippen molar-refractivity contribution in [3.05, 3.63) is 24.0 Å². The Labute approximate surface area is 89.4 Å². The maximum absolute atomic E-state index is 5.69. The predicted molar refractivity (Wildman–Crippen MR) is 56.5 cm³/mol. The molecule has 0 saturated carbocycles. The Morgan fingerprint density at radius 3 is 3.27 bits per heavy atom. The summed E-state index contributed by atoms with van der Waals surface area (Å²) in [5.41, 5.74) is 6.61. The van der Waals surface area contributed by atoms with E-state index in [0.29, 0.717) is 19.1 Å². The van der Waals surface area contributed by atoms with Gasteiger partial charge in [-0.15, -0.1) is 0 Å². The first-order valence-corrected chi connectivity index (χ1v) is 5.23. The Kier molecular flexibility index (Phi) is 3.53. The minimum Gasteiger partial charge on any atom is -0.491 e. The zero-order valence-electron chi connectivity index (χ0n) is 8.69. The van der Waals surface area contributed by atoms with E-state index in [9.17, 15) is 0 Å². The van der Waals surface area contributed by atoms with Gasteiger partial charge in [-0.3, -0.25) is 4.98 Å². The van der Waals surface area contributed by atoms with Gasteiger partial charge in [0, 0.05) is 30.8 Å². The zero-order valence-corrected chi connectivity index (χ0v) is 8.69. The van der Waals surface area contributed by atoms with E-state index < -0.39 is 0 Å². The average molecular weight is 208 g/mol. The van der Waals surface area contributed by atoms with E-state index in [2.05, 4.69) is 4.98 Å². The molecule has 4 nitrogen and oxygen atoms in total. The van der Waals surface area contributed by atoms with E-state index in [1.807, 2.05) is 6.07 Å². The molecule has 1 aliphatic rings. The summed E-state index contributed by atoms with van der Waals surface area (Å²) in [6.07, 6.45) is 4.53. The molecule has 1 saturated heterocycles. The summed E-state index contributed by atoms with van der Waals surface area (Å²) in [7, 11) is 0. The lowest BCUT2D eigenvalue weighted by molar-refractivity contribution is 0.166. The Bertz CT molecular complexity index is 311. The molecular formula is C11H16N2O2. The van der Waals surface area contributed by atoms with Crippen molar-refractivity contribution in [1.29, 1.82) is 0 Å². The molecule has 1 atom stereocenters. The molecule has 15 heavy (non-hydrogen) atoms. The lowest BCUT2D eigenvalue weighted by Crippen LogP contribution is -2.13. The molecule has 0 aromatic carbocycles. The Balaban J connectivity index is 1.91. The third-order valence-corrected chi connectivity index (χ3v) is 2.59. The second-order valence-corrected chi connectivity index (χ2v) is 3.73. The van der Waals surface area contributed by atoms with E-state index >= 15 is 0 Å². The zero-order chi connectivity index (χ0) is 10.5. The Hall–Kier alpha value is -1.13. The van der Waals surface area contributed by atoms with Crippen LogP contribution in [0.1, 0.15) is 12.0 Å². The molecule has 0 bridgehead atoms. The highest BCUT2D eigenvalue weighted by Gasteiger charge is 2.16. The second kappa shape index (κ2) is 5.09. The summed E-state index contributed by atoms with van der Waals surface area (Å²) in [6, 6.07) is 1.89. The fraction of sp³-hybridized carbons (Fsp3) is 0.545. The SMILES string of the molecule is NCc1ccncc1OCC1CCOC1. The third-order valence-electron chi connectivity index (χ3n) is 2.59. The van der Waals surface area contributed by atoms with Crippen molar-refractivity contribution in [1.82, 2.24) is 4.98 Å². The van der Waals surface area contributed by atoms with E-state index in [1.54, 1.807) is 12.4 Å². The van der Waals surface area contributed by atoms with E-state index in [4.69, 9.17) is 15.2 Å². The van der Waals surface area contributed by atoms with Crippen molar-refractivity contribution in [2.45, 2.75) is 13.0 Å². The highest BCUT2D eigenvalue weighted by atomic mass is 16.5. The lowest BCUT2D eigenvalue weighted by atomic mass is 10.1. The molecular weight excluding hydrogens is 192 g/mol. The van der Waals surface area contributed by atoms with Crippen LogP contribution in [0.5, 0.6) is 5.75 Å². The van der Waals surface area contributed by atoms with Gasteiger partial charge >= 0.3 is 0 Å². The number of nitrogens with zero attached hydrogens (tertiary/aromatic N) is 1. The standard InChI is InChI=1S/C11H16N2O2/c12-5-10-1-3-13-6-11(10)15-8-9-2-4-14-7-9/h1,3,6,9H,2,4-5,7-8,12H2. The van der Waals surface area contributed by atoms with Gasteiger partial charge in [0.15, 0.2) is 0 Å². The molecule has 4 heteroatoms. The molecule has 0 spiro atoms. The fourth-order valence-corrected chi connectivity index (χ4v) is 1.63. The number of rotatable bonds is 4. The van der Waals surface area contributed by atoms with Gasteiger partial charge in [0.2, 0.25) is 0 Å². The molecule has 2 N–H and O–H groups in total. The van der Waals surface area contributed by atoms with E-state index in [-0.39, 0.29) is 0 Å². The molecule has 2 heterocycles. The van der Waals surface area contributed by atoms with Crippen LogP contribution in [0, 0.1) is 5.92 Å². The fourth-order valence-electron chi connectivity index (χ4n) is 1.63. The first-order chi connectivity index (χ1) is 7.40. The van der Waals surface area contributed by atoms with Gasteiger partial charge in [-0.2, -0.15) is 0 Å². The molecule has 1 aromatic heterocycles. The van der Waals surface area contributed by atoms with Gasteiger partial charge in [0.1, 0.15) is 5.75 Å². The summed E-state index contributed by atoms with van der Waals surface area (Å²) >= 11 is 0. The van der Waals surface area contributed by atoms with Crippen LogP contribution in [0.25, 0.3) is 0 Å². The summed E-state index contributed by atoms with van der Waals surface area (Å²) in [6.45, 7) is 2.83. The van der Waals surface area contributed by atoms with Gasteiger partial charge in [0.25, 0.3) is 0 Å². The quantitative estimate of drug-likeness (QED) is 0.800. The molecule has 82 valence electrons. The van der Waals surface area contributed by atoms with Crippen LogP contribution in [-0.2, 0) is 11.3 Å². The number of ether oxygens (including phenoxy) is 2. The smallest absolute Gasteiger partial charge is 0.142 e. The Morgan fingerprint density at radius 2 is 2.53 bits per heavy atom. The van der Waals surface area contributed by atoms with Crippen molar-refractivity contribution in [3.63, 3.8) is 0 Å². The van der Waals surface area contributed by atoms with Crippen molar-refractivity contribution >= 4 is 0 Å². The number of aromatic nitrogens is 1. The second-order valence-electron chi connectivity index (χ2n) is 3.73. The highest BCUT2D eigenvalue weighted by Crippen LogP contribution is 2.19. The molecule has 1 aliphatic heterocycles. The molecule has 0 radical (unpaired) electrons. The average Bonchev–Trinajstić information content (AvgIpc) is 2.79. The topological polar surface area (TPSA) is 57.4 Å². The largest absolute Gasteiger partial charge is 0.491 e. The minimum atomic E-state index is 0.485. The molecule has 0 amide bonds. The van der Waals surface area contributed by atoms with E-state index in [1.165, 1.54) is 0 Å². The summed E-state index contributed by atoms with van der Waals surface area (Å²) < 4.78 is 11.0. The number of nitrogens with two attached hydrogens (primary N) is 1. The van der Waals surface area contributed by atoms with Crippen molar-refractivity contribution in [2.24, 2.45) is 11.7 Å². The van der Waals surface area contributed by atoms with Crippen LogP contribution in [0.3, 0.4) is 0 Å². The number of pyridine rings is 1. The number of hydrogen-bond donors (Lipinski definition) is 1. The van der Waals surface area contributed by atoms with Crippen molar-refractivity contribution in [2.75, 3.05) is 19.8 Å². The monoisotopic (exact) mass is 208 g/mol. The molecule has 1 aromatic rings. The highest BCUT2D eigenvalue weighted by molar-refractivity contribution is 5.29. The van der Waals surface area contributed by atoms with E-state index in [0.717, 1.165) is 30.9 Å². The van der Waals surface area contributed by atoms with Gasteiger partial charge in [0.05, 0.1) is 19.4 Å². The molecule has 0 aliphatic carbocycles. The summed E-state index contributed by atoms with van der Waals surface area (Å²) in [5, 5.41) is 0. The van der Waals surface area contributed by atoms with Gasteiger partial charge in [-0.25, -0.2) is 0 Å². The predicted octanol–water partition coefficient (Wildman–Crippen LogP) is 0.956. The summed E-state index contributed by atoms with van der Waals surface area (Å²) in [4.78, 5) is 4.03. The van der Waals surface area contributed by atoms with Crippen molar-refractivity contribution in [3.8, 4) is 5.75 Å². The molecule has 1 fully saturated rings. The Morgan fingerprint density at radius 1 is 1.60 bits per heavy atom. The van der Waals surface area contributed by atoms with Gasteiger partial charge in [-0.1, -0.05) is 0 Å². The summed E-state index contributed by atoms with van der Waals surface area (Å²) in [5.74, 6) is 1.31. The minimum absolute atomic E-state index is 0.485. The van der Waals surface area contributed by atoms with Crippen LogP contribution in [0.4, 0.5) is 0 Å². The van der Waals surface area contributed by atoms with Crippen LogP contribution in [-0.4, -0.2) is 24.8 Å². The normalized spacial score (nSPS) is 20.5. The lowest BCUT2D eigenvalue weighted by Gasteiger charge is -2.12. The maximum Gasteiger partial charge on any atom is 0.142 e. The number of hydrogen-bond acceptors (Lipinski definition) is 4. The first kappa shape index (κ1) is 10.4. The first-order valence-electron chi connectivity index (χ1n) is 5.23. The third kappa shape index (κ3) is 2.67. The van der Waals surface area contributed by atoms with Crippen LogP contribution >= 0.6 is 0 Å². The van der Waals surface area contributed by atoms with Crippen LogP contribution < -0.4 is 10.5 Å². The van der Waals surface area contributed by atoms with Crippen LogP contribution in [0.15, 0.2) is 18.5 Å². The van der Waals surface area contributed by atoms with Crippen molar-refractivity contribution < 1.29 is 9.47 Å². The van der Waals surface area contributed by atoms with Gasteiger partial charge < -0.3 is 15.2 Å². The molecule has 1 unspecified atom stereocenters. The molecule has 2 rings (SSSR count).